The average molecular weight is 328 g/mol. The van der Waals surface area contributed by atoms with Crippen molar-refractivity contribution >= 4 is 15.9 Å². The Morgan fingerprint density at radius 3 is 2.58 bits per heavy atom. The van der Waals surface area contributed by atoms with E-state index in [1.54, 1.807) is 6.07 Å². The third kappa shape index (κ3) is 3.30. The van der Waals surface area contributed by atoms with E-state index in [2.05, 4.69) is 15.9 Å². The molecule has 0 aromatic heterocycles. The number of benzene rings is 2. The highest BCUT2D eigenvalue weighted by Crippen LogP contribution is 2.32. The Balaban J connectivity index is 2.26. The minimum absolute atomic E-state index is 0.146. The van der Waals surface area contributed by atoms with Crippen LogP contribution in [0.25, 0.3) is 0 Å². The SMILES string of the molecule is NCCc1ccc(Oc2cccc(F)c2F)c(Br)c1. The molecule has 0 radical (unpaired) electrons. The summed E-state index contributed by atoms with van der Waals surface area (Å²) in [6, 6.07) is 9.19. The van der Waals surface area contributed by atoms with Gasteiger partial charge in [0.2, 0.25) is 5.82 Å². The van der Waals surface area contributed by atoms with Gasteiger partial charge in [-0.25, -0.2) is 4.39 Å². The first kappa shape index (κ1) is 14.0. The summed E-state index contributed by atoms with van der Waals surface area (Å²) in [4.78, 5) is 0. The number of ether oxygens (including phenoxy) is 1. The average Bonchev–Trinajstić information content (AvgIpc) is 2.38. The molecule has 0 unspecified atom stereocenters. The molecule has 0 spiro atoms. The summed E-state index contributed by atoms with van der Waals surface area (Å²) in [6.45, 7) is 0.547. The third-order valence-electron chi connectivity index (χ3n) is 2.57. The van der Waals surface area contributed by atoms with Crippen molar-refractivity contribution < 1.29 is 13.5 Å². The Kier molecular flexibility index (Phi) is 4.50. The predicted molar refractivity (Wildman–Crippen MR) is 73.3 cm³/mol. The second-order valence-corrected chi connectivity index (χ2v) is 4.81. The van der Waals surface area contributed by atoms with E-state index in [9.17, 15) is 8.78 Å². The molecule has 2 aromatic carbocycles. The highest BCUT2D eigenvalue weighted by Gasteiger charge is 2.11. The fraction of sp³-hybridized carbons (Fsp3) is 0.143. The summed E-state index contributed by atoms with van der Waals surface area (Å²) in [5.74, 6) is -1.66. The molecule has 100 valence electrons. The zero-order valence-electron chi connectivity index (χ0n) is 10.00. The van der Waals surface area contributed by atoms with E-state index < -0.39 is 11.6 Å². The first-order chi connectivity index (χ1) is 9.11. The molecule has 0 atom stereocenters. The minimum atomic E-state index is -1.000. The first-order valence-corrected chi connectivity index (χ1v) is 6.51. The Hall–Kier alpha value is -1.46. The lowest BCUT2D eigenvalue weighted by Crippen LogP contribution is -2.02. The molecule has 2 aromatic rings. The molecule has 0 bridgehead atoms. The smallest absolute Gasteiger partial charge is 0.201 e. The molecular weight excluding hydrogens is 316 g/mol. The molecule has 0 amide bonds. The molecule has 0 saturated carbocycles. The highest BCUT2D eigenvalue weighted by molar-refractivity contribution is 9.10. The van der Waals surface area contributed by atoms with E-state index in [0.717, 1.165) is 18.1 Å². The van der Waals surface area contributed by atoms with Crippen molar-refractivity contribution in [3.63, 3.8) is 0 Å². The van der Waals surface area contributed by atoms with Crippen LogP contribution in [0.1, 0.15) is 5.56 Å². The molecule has 0 aliphatic rings. The van der Waals surface area contributed by atoms with Crippen LogP contribution in [0.3, 0.4) is 0 Å². The number of rotatable bonds is 4. The molecule has 2 rings (SSSR count). The summed E-state index contributed by atoms with van der Waals surface area (Å²) < 4.78 is 32.6. The molecule has 5 heteroatoms. The van der Waals surface area contributed by atoms with E-state index in [1.165, 1.54) is 12.1 Å². The molecule has 19 heavy (non-hydrogen) atoms. The zero-order chi connectivity index (χ0) is 13.8. The zero-order valence-corrected chi connectivity index (χ0v) is 11.6. The largest absolute Gasteiger partial charge is 0.453 e. The lowest BCUT2D eigenvalue weighted by atomic mass is 10.1. The van der Waals surface area contributed by atoms with Gasteiger partial charge in [0, 0.05) is 0 Å². The van der Waals surface area contributed by atoms with E-state index in [-0.39, 0.29) is 5.75 Å². The van der Waals surface area contributed by atoms with Crippen LogP contribution in [-0.2, 0) is 6.42 Å². The van der Waals surface area contributed by atoms with Gasteiger partial charge in [0.25, 0.3) is 0 Å². The van der Waals surface area contributed by atoms with Gasteiger partial charge >= 0.3 is 0 Å². The van der Waals surface area contributed by atoms with Crippen molar-refractivity contribution in [1.82, 2.24) is 0 Å². The van der Waals surface area contributed by atoms with Crippen LogP contribution in [0.2, 0.25) is 0 Å². The fourth-order valence-corrected chi connectivity index (χ4v) is 2.14. The molecule has 0 fully saturated rings. The van der Waals surface area contributed by atoms with Gasteiger partial charge in [0.15, 0.2) is 11.6 Å². The van der Waals surface area contributed by atoms with Crippen LogP contribution >= 0.6 is 15.9 Å². The Bertz CT molecular complexity index is 590. The maximum atomic E-state index is 13.5. The highest BCUT2D eigenvalue weighted by atomic mass is 79.9. The number of halogens is 3. The van der Waals surface area contributed by atoms with Crippen molar-refractivity contribution in [3.05, 3.63) is 58.1 Å². The van der Waals surface area contributed by atoms with Gasteiger partial charge in [-0.15, -0.1) is 0 Å². The summed E-state index contributed by atoms with van der Waals surface area (Å²) in [6.07, 6.45) is 0.743. The maximum Gasteiger partial charge on any atom is 0.201 e. The van der Waals surface area contributed by atoms with Crippen LogP contribution in [0.5, 0.6) is 11.5 Å². The van der Waals surface area contributed by atoms with E-state index in [4.69, 9.17) is 10.5 Å². The van der Waals surface area contributed by atoms with Gasteiger partial charge in [0.1, 0.15) is 5.75 Å². The number of hydrogen-bond donors (Lipinski definition) is 1. The predicted octanol–water partition coefficient (Wildman–Crippen LogP) is 4.02. The van der Waals surface area contributed by atoms with Gasteiger partial charge in [-0.1, -0.05) is 12.1 Å². The first-order valence-electron chi connectivity index (χ1n) is 5.72. The van der Waals surface area contributed by atoms with Crippen LogP contribution in [0.4, 0.5) is 8.78 Å². The Labute approximate surface area is 118 Å². The lowest BCUT2D eigenvalue weighted by molar-refractivity contribution is 0.414. The molecular formula is C14H12BrF2NO. The van der Waals surface area contributed by atoms with E-state index >= 15 is 0 Å². The number of hydrogen-bond acceptors (Lipinski definition) is 2. The molecule has 2 nitrogen and oxygen atoms in total. The van der Waals surface area contributed by atoms with Crippen molar-refractivity contribution in [2.75, 3.05) is 6.54 Å². The Morgan fingerprint density at radius 2 is 1.89 bits per heavy atom. The molecule has 0 aliphatic heterocycles. The minimum Gasteiger partial charge on any atom is -0.453 e. The van der Waals surface area contributed by atoms with Crippen LogP contribution in [-0.4, -0.2) is 6.54 Å². The van der Waals surface area contributed by atoms with Crippen LogP contribution in [0.15, 0.2) is 40.9 Å². The summed E-state index contributed by atoms with van der Waals surface area (Å²) in [7, 11) is 0. The van der Waals surface area contributed by atoms with E-state index in [1.807, 2.05) is 12.1 Å². The fourth-order valence-electron chi connectivity index (χ4n) is 1.63. The monoisotopic (exact) mass is 327 g/mol. The second kappa shape index (κ2) is 6.12. The summed E-state index contributed by atoms with van der Waals surface area (Å²) in [5, 5.41) is 0. The maximum absolute atomic E-state index is 13.5. The van der Waals surface area contributed by atoms with Crippen molar-refractivity contribution in [2.45, 2.75) is 6.42 Å². The quantitative estimate of drug-likeness (QED) is 0.920. The van der Waals surface area contributed by atoms with Gasteiger partial charge in [0.05, 0.1) is 4.47 Å². The standard InChI is InChI=1S/C14H12BrF2NO/c15-10-8-9(6-7-18)4-5-12(10)19-13-3-1-2-11(16)14(13)17/h1-5,8H,6-7,18H2. The van der Waals surface area contributed by atoms with E-state index in [0.29, 0.717) is 16.8 Å². The lowest BCUT2D eigenvalue weighted by Gasteiger charge is -2.10. The summed E-state index contributed by atoms with van der Waals surface area (Å²) >= 11 is 3.34. The van der Waals surface area contributed by atoms with Crippen LogP contribution < -0.4 is 10.5 Å². The van der Waals surface area contributed by atoms with Crippen molar-refractivity contribution in [3.8, 4) is 11.5 Å². The molecule has 2 N–H and O–H groups in total. The van der Waals surface area contributed by atoms with Gasteiger partial charge in [-0.3, -0.25) is 0 Å². The molecule has 0 heterocycles. The summed E-state index contributed by atoms with van der Waals surface area (Å²) in [5.41, 5.74) is 6.51. The third-order valence-corrected chi connectivity index (χ3v) is 3.19. The topological polar surface area (TPSA) is 35.2 Å². The second-order valence-electron chi connectivity index (χ2n) is 3.96. The molecule has 0 aliphatic carbocycles. The van der Waals surface area contributed by atoms with Crippen molar-refractivity contribution in [2.24, 2.45) is 5.73 Å². The number of nitrogens with two attached hydrogens (primary N) is 1. The molecule has 0 saturated heterocycles. The van der Waals surface area contributed by atoms with Gasteiger partial charge in [-0.2, -0.15) is 4.39 Å². The van der Waals surface area contributed by atoms with Crippen LogP contribution in [0, 0.1) is 11.6 Å². The van der Waals surface area contributed by atoms with Crippen molar-refractivity contribution in [1.29, 1.82) is 0 Å². The van der Waals surface area contributed by atoms with Gasteiger partial charge in [-0.05, 0) is 58.7 Å². The Morgan fingerprint density at radius 1 is 1.11 bits per heavy atom. The van der Waals surface area contributed by atoms with Gasteiger partial charge < -0.3 is 10.5 Å². The normalized spacial score (nSPS) is 10.5.